The summed E-state index contributed by atoms with van der Waals surface area (Å²) >= 11 is 2.83. The minimum Gasteiger partial charge on any atom is -0.349 e. The summed E-state index contributed by atoms with van der Waals surface area (Å²) < 4.78 is 1.43. The van der Waals surface area contributed by atoms with Crippen LogP contribution < -0.4 is 11.2 Å². The fourth-order valence-corrected chi connectivity index (χ4v) is 3.91. The highest BCUT2D eigenvalue weighted by molar-refractivity contribution is 7.99. The SMILES string of the molecule is CC[C@@H](NC(=O)CSc1nnc(-c2cccs2)n1N)c1ccc(C)cc1. The van der Waals surface area contributed by atoms with Crippen molar-refractivity contribution < 1.29 is 4.79 Å². The molecular formula is C18H21N5OS2. The molecule has 0 unspecified atom stereocenters. The number of nitrogens with one attached hydrogen (secondary N) is 1. The van der Waals surface area contributed by atoms with Crippen LogP contribution in [0.1, 0.15) is 30.5 Å². The first-order valence-electron chi connectivity index (χ1n) is 8.31. The van der Waals surface area contributed by atoms with Crippen LogP contribution in [0.4, 0.5) is 0 Å². The van der Waals surface area contributed by atoms with Gasteiger partial charge in [-0.3, -0.25) is 4.79 Å². The van der Waals surface area contributed by atoms with E-state index in [1.54, 1.807) is 11.3 Å². The van der Waals surface area contributed by atoms with Crippen LogP contribution in [0, 0.1) is 6.92 Å². The number of nitrogens with two attached hydrogens (primary N) is 1. The number of amides is 1. The zero-order chi connectivity index (χ0) is 18.5. The van der Waals surface area contributed by atoms with Crippen molar-refractivity contribution in [3.05, 3.63) is 52.9 Å². The molecule has 0 aliphatic heterocycles. The molecular weight excluding hydrogens is 366 g/mol. The van der Waals surface area contributed by atoms with E-state index in [9.17, 15) is 4.79 Å². The van der Waals surface area contributed by atoms with Crippen molar-refractivity contribution in [2.45, 2.75) is 31.5 Å². The van der Waals surface area contributed by atoms with Crippen LogP contribution in [0.2, 0.25) is 0 Å². The van der Waals surface area contributed by atoms with Crippen LogP contribution >= 0.6 is 23.1 Å². The third-order valence-electron chi connectivity index (χ3n) is 3.96. The molecule has 3 rings (SSSR count). The molecule has 0 aliphatic rings. The highest BCUT2D eigenvalue weighted by Crippen LogP contribution is 2.25. The van der Waals surface area contributed by atoms with Crippen molar-refractivity contribution in [3.8, 4) is 10.7 Å². The minimum atomic E-state index is -0.0527. The smallest absolute Gasteiger partial charge is 0.230 e. The maximum atomic E-state index is 12.3. The zero-order valence-corrected chi connectivity index (χ0v) is 16.3. The number of benzene rings is 1. The molecule has 0 spiro atoms. The van der Waals surface area contributed by atoms with E-state index < -0.39 is 0 Å². The number of rotatable bonds is 7. The molecule has 26 heavy (non-hydrogen) atoms. The maximum Gasteiger partial charge on any atom is 0.230 e. The summed E-state index contributed by atoms with van der Waals surface area (Å²) in [6, 6.07) is 12.1. The summed E-state index contributed by atoms with van der Waals surface area (Å²) in [7, 11) is 0. The molecule has 1 amide bonds. The summed E-state index contributed by atoms with van der Waals surface area (Å²) in [5, 5.41) is 13.8. The molecule has 1 aromatic carbocycles. The Morgan fingerprint density at radius 1 is 1.31 bits per heavy atom. The van der Waals surface area contributed by atoms with Gasteiger partial charge in [0, 0.05) is 0 Å². The van der Waals surface area contributed by atoms with Gasteiger partial charge < -0.3 is 11.2 Å². The number of hydrogen-bond acceptors (Lipinski definition) is 6. The first-order chi connectivity index (χ1) is 12.6. The fraction of sp³-hybridized carbons (Fsp3) is 0.278. The summed E-state index contributed by atoms with van der Waals surface area (Å²) in [6.45, 7) is 4.11. The van der Waals surface area contributed by atoms with Crippen molar-refractivity contribution in [1.29, 1.82) is 0 Å². The predicted octanol–water partition coefficient (Wildman–Crippen LogP) is 3.39. The first kappa shape index (κ1) is 18.5. The first-order valence-corrected chi connectivity index (χ1v) is 10.2. The molecule has 0 aliphatic carbocycles. The Labute approximate surface area is 160 Å². The summed E-state index contributed by atoms with van der Waals surface area (Å²) in [6.07, 6.45) is 0.828. The Kier molecular flexibility index (Phi) is 5.95. The number of carbonyl (C=O) groups excluding carboxylic acids is 1. The lowest BCUT2D eigenvalue weighted by atomic mass is 10.0. The summed E-state index contributed by atoms with van der Waals surface area (Å²) in [5.74, 6) is 6.85. The van der Waals surface area contributed by atoms with Crippen molar-refractivity contribution in [2.75, 3.05) is 11.6 Å². The average Bonchev–Trinajstić information content (AvgIpc) is 3.28. The van der Waals surface area contributed by atoms with Gasteiger partial charge in [0.05, 0.1) is 16.7 Å². The van der Waals surface area contributed by atoms with Crippen LogP contribution in [0.25, 0.3) is 10.7 Å². The predicted molar refractivity (Wildman–Crippen MR) is 107 cm³/mol. The number of nitrogen functional groups attached to an aromatic ring is 1. The highest BCUT2D eigenvalue weighted by Gasteiger charge is 2.16. The topological polar surface area (TPSA) is 85.8 Å². The van der Waals surface area contributed by atoms with Gasteiger partial charge in [0.1, 0.15) is 0 Å². The van der Waals surface area contributed by atoms with Crippen LogP contribution in [0.3, 0.4) is 0 Å². The quantitative estimate of drug-likeness (QED) is 0.479. The second kappa shape index (κ2) is 8.37. The maximum absolute atomic E-state index is 12.3. The second-order valence-corrected chi connectivity index (χ2v) is 7.77. The van der Waals surface area contributed by atoms with E-state index >= 15 is 0 Å². The molecule has 136 valence electrons. The Hall–Kier alpha value is -2.32. The molecule has 0 saturated carbocycles. The summed E-state index contributed by atoms with van der Waals surface area (Å²) in [5.41, 5.74) is 2.31. The third kappa shape index (κ3) is 4.25. The Balaban J connectivity index is 1.59. The average molecular weight is 388 g/mol. The second-order valence-electron chi connectivity index (χ2n) is 5.88. The van der Waals surface area contributed by atoms with Crippen LogP contribution in [-0.2, 0) is 4.79 Å². The van der Waals surface area contributed by atoms with Gasteiger partial charge >= 0.3 is 0 Å². The van der Waals surface area contributed by atoms with Gasteiger partial charge in [-0.2, -0.15) is 0 Å². The third-order valence-corrected chi connectivity index (χ3v) is 5.77. The van der Waals surface area contributed by atoms with Crippen molar-refractivity contribution in [1.82, 2.24) is 20.2 Å². The Morgan fingerprint density at radius 3 is 2.73 bits per heavy atom. The number of aryl methyl sites for hydroxylation is 1. The van der Waals surface area contributed by atoms with E-state index in [2.05, 4.69) is 46.7 Å². The molecule has 0 fully saturated rings. The standard InChI is InChI=1S/C18H21N5OS2/c1-3-14(13-8-6-12(2)7-9-13)20-16(24)11-26-18-22-21-17(23(18)19)15-5-4-10-25-15/h4-10,14H,3,11,19H2,1-2H3,(H,20,24)/t14-/m1/s1. The lowest BCUT2D eigenvalue weighted by molar-refractivity contribution is -0.119. The van der Waals surface area contributed by atoms with Gasteiger partial charge in [-0.25, -0.2) is 4.68 Å². The van der Waals surface area contributed by atoms with Crippen LogP contribution in [0.5, 0.6) is 0 Å². The number of thioether (sulfide) groups is 1. The van der Waals surface area contributed by atoms with E-state index in [1.165, 1.54) is 22.0 Å². The van der Waals surface area contributed by atoms with Gasteiger partial charge in [-0.05, 0) is 30.4 Å². The molecule has 8 heteroatoms. The molecule has 3 aromatic rings. The van der Waals surface area contributed by atoms with Crippen LogP contribution in [-0.4, -0.2) is 26.5 Å². The molecule has 1 atom stereocenters. The van der Waals surface area contributed by atoms with Gasteiger partial charge in [0.2, 0.25) is 11.1 Å². The van der Waals surface area contributed by atoms with E-state index in [0.29, 0.717) is 11.0 Å². The molecule has 6 nitrogen and oxygen atoms in total. The lowest BCUT2D eigenvalue weighted by Crippen LogP contribution is -2.29. The number of aromatic nitrogens is 3. The molecule has 0 radical (unpaired) electrons. The van der Waals surface area contributed by atoms with E-state index in [1.807, 2.05) is 24.4 Å². The summed E-state index contributed by atoms with van der Waals surface area (Å²) in [4.78, 5) is 13.3. The molecule has 2 heterocycles. The minimum absolute atomic E-state index is 0.00104. The number of carbonyl (C=O) groups is 1. The zero-order valence-electron chi connectivity index (χ0n) is 14.7. The van der Waals surface area contributed by atoms with Crippen molar-refractivity contribution in [2.24, 2.45) is 0 Å². The van der Waals surface area contributed by atoms with E-state index in [0.717, 1.165) is 16.9 Å². The molecule has 2 aromatic heterocycles. The van der Waals surface area contributed by atoms with Crippen LogP contribution in [0.15, 0.2) is 46.9 Å². The fourth-order valence-electron chi connectivity index (χ4n) is 2.54. The van der Waals surface area contributed by atoms with E-state index in [4.69, 9.17) is 5.84 Å². The molecule has 0 bridgehead atoms. The van der Waals surface area contributed by atoms with Gasteiger partial charge in [0.25, 0.3) is 0 Å². The highest BCUT2D eigenvalue weighted by atomic mass is 32.2. The van der Waals surface area contributed by atoms with Gasteiger partial charge in [0.15, 0.2) is 5.82 Å². The molecule has 3 N–H and O–H groups in total. The molecule has 0 saturated heterocycles. The van der Waals surface area contributed by atoms with Gasteiger partial charge in [-0.15, -0.1) is 21.5 Å². The lowest BCUT2D eigenvalue weighted by Gasteiger charge is -2.17. The Bertz CT molecular complexity index is 858. The van der Waals surface area contributed by atoms with E-state index in [-0.39, 0.29) is 17.7 Å². The number of nitrogens with zero attached hydrogens (tertiary/aromatic N) is 3. The normalized spacial score (nSPS) is 12.1. The largest absolute Gasteiger partial charge is 0.349 e. The van der Waals surface area contributed by atoms with Gasteiger partial charge in [-0.1, -0.05) is 54.6 Å². The number of hydrogen-bond donors (Lipinski definition) is 2. The van der Waals surface area contributed by atoms with Crippen molar-refractivity contribution in [3.63, 3.8) is 0 Å². The number of thiophene rings is 1. The van der Waals surface area contributed by atoms with Crippen molar-refractivity contribution >= 4 is 29.0 Å². The monoisotopic (exact) mass is 387 g/mol. The Morgan fingerprint density at radius 2 is 2.08 bits per heavy atom.